The quantitative estimate of drug-likeness (QED) is 0.876. The molecular formula is C17H23NO4. The Morgan fingerprint density at radius 1 is 1.32 bits per heavy atom. The van der Waals surface area contributed by atoms with Gasteiger partial charge in [0.1, 0.15) is 0 Å². The highest BCUT2D eigenvalue weighted by Gasteiger charge is 2.43. The molecule has 0 spiro atoms. The van der Waals surface area contributed by atoms with E-state index in [2.05, 4.69) is 5.32 Å². The first kappa shape index (κ1) is 16.5. The Bertz CT molecular complexity index is 531. The molecule has 1 aromatic carbocycles. The van der Waals surface area contributed by atoms with Crippen LogP contribution < -0.4 is 5.32 Å². The molecule has 0 heterocycles. The molecule has 0 saturated heterocycles. The normalized spacial score (nSPS) is 26.2. The number of carbonyl (C=O) groups excluding carboxylic acids is 1. The SMILES string of the molecule is CO[C@@H](C(=O)NC1(C)CCCCC1C(=O)O)c1ccccc1. The third-order valence-electron chi connectivity index (χ3n) is 4.49. The summed E-state index contributed by atoms with van der Waals surface area (Å²) < 4.78 is 5.32. The largest absolute Gasteiger partial charge is 0.481 e. The van der Waals surface area contributed by atoms with E-state index in [-0.39, 0.29) is 5.91 Å². The van der Waals surface area contributed by atoms with E-state index in [0.717, 1.165) is 18.4 Å². The summed E-state index contributed by atoms with van der Waals surface area (Å²) in [6, 6.07) is 9.21. The van der Waals surface area contributed by atoms with E-state index >= 15 is 0 Å². The summed E-state index contributed by atoms with van der Waals surface area (Å²) in [5, 5.41) is 12.3. The van der Waals surface area contributed by atoms with Crippen LogP contribution in [0, 0.1) is 5.92 Å². The molecule has 1 aromatic rings. The molecule has 0 bridgehead atoms. The molecule has 0 aromatic heterocycles. The predicted molar refractivity (Wildman–Crippen MR) is 82.3 cm³/mol. The maximum atomic E-state index is 12.6. The standard InChI is InChI=1S/C17H23NO4/c1-17(11-7-6-10-13(17)16(20)21)18-15(19)14(22-2)12-8-4-3-5-9-12/h3-5,8-9,13-14H,6-7,10-11H2,1-2H3,(H,18,19)(H,20,21)/t13?,14-,17?/m1/s1. The van der Waals surface area contributed by atoms with Crippen LogP contribution in [0.3, 0.4) is 0 Å². The molecule has 120 valence electrons. The lowest BCUT2D eigenvalue weighted by Gasteiger charge is -2.40. The lowest BCUT2D eigenvalue weighted by molar-refractivity contribution is -0.147. The molecule has 1 amide bonds. The topological polar surface area (TPSA) is 75.6 Å². The summed E-state index contributed by atoms with van der Waals surface area (Å²) >= 11 is 0. The van der Waals surface area contributed by atoms with Gasteiger partial charge in [-0.2, -0.15) is 0 Å². The van der Waals surface area contributed by atoms with E-state index < -0.39 is 23.5 Å². The Morgan fingerprint density at radius 2 is 2.00 bits per heavy atom. The van der Waals surface area contributed by atoms with Gasteiger partial charge in [-0.3, -0.25) is 9.59 Å². The maximum absolute atomic E-state index is 12.6. The van der Waals surface area contributed by atoms with Crippen LogP contribution in [0.1, 0.15) is 44.3 Å². The summed E-state index contributed by atoms with van der Waals surface area (Å²) in [5.74, 6) is -1.70. The number of carboxylic acid groups (broad SMARTS) is 1. The summed E-state index contributed by atoms with van der Waals surface area (Å²) in [6.07, 6.45) is 2.34. The van der Waals surface area contributed by atoms with Gasteiger partial charge in [0, 0.05) is 7.11 Å². The molecule has 2 N–H and O–H groups in total. The number of hydrogen-bond acceptors (Lipinski definition) is 3. The van der Waals surface area contributed by atoms with Gasteiger partial charge in [-0.1, -0.05) is 43.2 Å². The zero-order valence-electron chi connectivity index (χ0n) is 13.0. The van der Waals surface area contributed by atoms with Gasteiger partial charge in [0.25, 0.3) is 5.91 Å². The molecular weight excluding hydrogens is 282 g/mol. The minimum absolute atomic E-state index is 0.288. The number of amides is 1. The van der Waals surface area contributed by atoms with Gasteiger partial charge in [0.15, 0.2) is 6.10 Å². The molecule has 5 nitrogen and oxygen atoms in total. The Labute approximate surface area is 130 Å². The first-order valence-corrected chi connectivity index (χ1v) is 7.60. The number of methoxy groups -OCH3 is 1. The fraction of sp³-hybridized carbons (Fsp3) is 0.529. The van der Waals surface area contributed by atoms with Gasteiger partial charge in [0.2, 0.25) is 0 Å². The van der Waals surface area contributed by atoms with Gasteiger partial charge < -0.3 is 15.2 Å². The molecule has 1 aliphatic rings. The lowest BCUT2D eigenvalue weighted by atomic mass is 9.73. The Balaban J connectivity index is 2.16. The van der Waals surface area contributed by atoms with Crippen molar-refractivity contribution in [1.29, 1.82) is 0 Å². The Morgan fingerprint density at radius 3 is 2.59 bits per heavy atom. The number of rotatable bonds is 5. The van der Waals surface area contributed by atoms with Crippen LogP contribution in [0.15, 0.2) is 30.3 Å². The van der Waals surface area contributed by atoms with Crippen LogP contribution in [0.25, 0.3) is 0 Å². The predicted octanol–water partition coefficient (Wildman–Crippen LogP) is 2.52. The molecule has 1 fully saturated rings. The van der Waals surface area contributed by atoms with Crippen LogP contribution in [-0.4, -0.2) is 29.6 Å². The second-order valence-corrected chi connectivity index (χ2v) is 6.07. The first-order chi connectivity index (χ1) is 10.5. The first-order valence-electron chi connectivity index (χ1n) is 7.60. The fourth-order valence-corrected chi connectivity index (χ4v) is 3.25. The third kappa shape index (κ3) is 3.47. The summed E-state index contributed by atoms with van der Waals surface area (Å²) in [6.45, 7) is 1.82. The van der Waals surface area contributed by atoms with Crippen molar-refractivity contribution in [3.05, 3.63) is 35.9 Å². The molecule has 1 saturated carbocycles. The summed E-state index contributed by atoms with van der Waals surface area (Å²) in [4.78, 5) is 24.1. The fourth-order valence-electron chi connectivity index (χ4n) is 3.25. The van der Waals surface area contributed by atoms with E-state index in [1.165, 1.54) is 7.11 Å². The molecule has 2 unspecified atom stereocenters. The van der Waals surface area contributed by atoms with Crippen molar-refractivity contribution >= 4 is 11.9 Å². The van der Waals surface area contributed by atoms with Crippen molar-refractivity contribution in [3.8, 4) is 0 Å². The maximum Gasteiger partial charge on any atom is 0.308 e. The average molecular weight is 305 g/mol. The molecule has 1 aliphatic carbocycles. The van der Waals surface area contributed by atoms with Crippen LogP contribution in [0.2, 0.25) is 0 Å². The van der Waals surface area contributed by atoms with E-state index in [1.54, 1.807) is 0 Å². The molecule has 5 heteroatoms. The van der Waals surface area contributed by atoms with Crippen LogP contribution in [0.5, 0.6) is 0 Å². The van der Waals surface area contributed by atoms with Gasteiger partial charge in [-0.05, 0) is 25.3 Å². The molecule has 0 radical (unpaired) electrons. The number of nitrogens with one attached hydrogen (secondary N) is 1. The number of hydrogen-bond donors (Lipinski definition) is 2. The monoisotopic (exact) mass is 305 g/mol. The average Bonchev–Trinajstić information content (AvgIpc) is 2.48. The van der Waals surface area contributed by atoms with Crippen molar-refractivity contribution < 1.29 is 19.4 Å². The lowest BCUT2D eigenvalue weighted by Crippen LogP contribution is -2.56. The minimum atomic E-state index is -0.851. The van der Waals surface area contributed by atoms with Crippen molar-refractivity contribution in [2.24, 2.45) is 5.92 Å². The van der Waals surface area contributed by atoms with Gasteiger partial charge in [-0.25, -0.2) is 0 Å². The van der Waals surface area contributed by atoms with E-state index in [1.807, 2.05) is 37.3 Å². The van der Waals surface area contributed by atoms with E-state index in [9.17, 15) is 14.7 Å². The third-order valence-corrected chi connectivity index (χ3v) is 4.49. The molecule has 3 atom stereocenters. The van der Waals surface area contributed by atoms with Crippen molar-refractivity contribution in [2.45, 2.75) is 44.2 Å². The number of aliphatic carboxylic acids is 1. The highest BCUT2D eigenvalue weighted by atomic mass is 16.5. The molecule has 22 heavy (non-hydrogen) atoms. The van der Waals surface area contributed by atoms with Crippen molar-refractivity contribution in [3.63, 3.8) is 0 Å². The molecule has 2 rings (SSSR count). The Kier molecular flexibility index (Phi) is 5.19. The summed E-state index contributed by atoms with van der Waals surface area (Å²) in [7, 11) is 1.48. The van der Waals surface area contributed by atoms with E-state index in [0.29, 0.717) is 12.8 Å². The van der Waals surface area contributed by atoms with Crippen LogP contribution >= 0.6 is 0 Å². The highest BCUT2D eigenvalue weighted by Crippen LogP contribution is 2.34. The summed E-state index contributed by atoms with van der Waals surface area (Å²) in [5.41, 5.74) is 0.0287. The number of carbonyl (C=O) groups is 2. The highest BCUT2D eigenvalue weighted by molar-refractivity contribution is 5.84. The van der Waals surface area contributed by atoms with Crippen molar-refractivity contribution in [2.75, 3.05) is 7.11 Å². The van der Waals surface area contributed by atoms with Crippen LogP contribution in [0.4, 0.5) is 0 Å². The number of carboxylic acids is 1. The minimum Gasteiger partial charge on any atom is -0.481 e. The van der Waals surface area contributed by atoms with Crippen molar-refractivity contribution in [1.82, 2.24) is 5.32 Å². The smallest absolute Gasteiger partial charge is 0.308 e. The van der Waals surface area contributed by atoms with Gasteiger partial charge >= 0.3 is 5.97 Å². The number of benzene rings is 1. The second kappa shape index (κ2) is 6.92. The zero-order valence-corrected chi connectivity index (χ0v) is 13.0. The van der Waals surface area contributed by atoms with Gasteiger partial charge in [0.05, 0.1) is 11.5 Å². The van der Waals surface area contributed by atoms with Gasteiger partial charge in [-0.15, -0.1) is 0 Å². The van der Waals surface area contributed by atoms with Crippen LogP contribution in [-0.2, 0) is 14.3 Å². The van der Waals surface area contributed by atoms with E-state index in [4.69, 9.17) is 4.74 Å². The number of ether oxygens (including phenoxy) is 1. The Hall–Kier alpha value is -1.88. The molecule has 0 aliphatic heterocycles. The zero-order chi connectivity index (χ0) is 16.2. The second-order valence-electron chi connectivity index (χ2n) is 6.07.